The van der Waals surface area contributed by atoms with Crippen molar-refractivity contribution >= 4 is 15.9 Å². The van der Waals surface area contributed by atoms with Crippen molar-refractivity contribution in [3.63, 3.8) is 0 Å². The highest BCUT2D eigenvalue weighted by Crippen LogP contribution is 2.28. The SMILES string of the molecule is CCC1CNCCc2ccc(Br)cc21. The molecule has 1 aliphatic heterocycles. The molecule has 0 aliphatic carbocycles. The van der Waals surface area contributed by atoms with Crippen LogP contribution >= 0.6 is 15.9 Å². The fourth-order valence-electron chi connectivity index (χ4n) is 2.15. The molecule has 0 saturated carbocycles. The Morgan fingerprint density at radius 3 is 3.14 bits per heavy atom. The maximum absolute atomic E-state index is 3.55. The quantitative estimate of drug-likeness (QED) is 0.812. The third kappa shape index (κ3) is 2.01. The first-order valence-electron chi connectivity index (χ1n) is 5.30. The van der Waals surface area contributed by atoms with Crippen LogP contribution in [-0.4, -0.2) is 13.1 Å². The van der Waals surface area contributed by atoms with Crippen LogP contribution in [0.15, 0.2) is 22.7 Å². The minimum absolute atomic E-state index is 0.685. The van der Waals surface area contributed by atoms with E-state index < -0.39 is 0 Å². The molecule has 0 saturated heterocycles. The van der Waals surface area contributed by atoms with Crippen molar-refractivity contribution in [2.45, 2.75) is 25.7 Å². The van der Waals surface area contributed by atoms with E-state index in [-0.39, 0.29) is 0 Å². The molecule has 0 fully saturated rings. The number of halogens is 1. The predicted octanol–water partition coefficient (Wildman–Crippen LogP) is 3.09. The van der Waals surface area contributed by atoms with E-state index in [4.69, 9.17) is 0 Å². The molecular weight excluding hydrogens is 238 g/mol. The topological polar surface area (TPSA) is 12.0 Å². The molecule has 0 radical (unpaired) electrons. The first-order valence-corrected chi connectivity index (χ1v) is 6.09. The average molecular weight is 254 g/mol. The van der Waals surface area contributed by atoms with Crippen molar-refractivity contribution in [2.75, 3.05) is 13.1 Å². The molecule has 1 N–H and O–H groups in total. The van der Waals surface area contributed by atoms with Crippen molar-refractivity contribution in [1.29, 1.82) is 0 Å². The van der Waals surface area contributed by atoms with Crippen molar-refractivity contribution in [3.05, 3.63) is 33.8 Å². The zero-order valence-corrected chi connectivity index (χ0v) is 10.1. The summed E-state index contributed by atoms with van der Waals surface area (Å²) < 4.78 is 1.21. The van der Waals surface area contributed by atoms with Gasteiger partial charge < -0.3 is 5.32 Å². The Kier molecular flexibility index (Phi) is 3.24. The van der Waals surface area contributed by atoms with E-state index in [0.717, 1.165) is 13.1 Å². The molecule has 2 heteroatoms. The van der Waals surface area contributed by atoms with Crippen LogP contribution in [0.4, 0.5) is 0 Å². The van der Waals surface area contributed by atoms with Crippen molar-refractivity contribution in [1.82, 2.24) is 5.32 Å². The Morgan fingerprint density at radius 2 is 2.36 bits per heavy atom. The second-order valence-corrected chi connectivity index (χ2v) is 4.82. The number of rotatable bonds is 1. The Morgan fingerprint density at radius 1 is 1.50 bits per heavy atom. The average Bonchev–Trinajstić information content (AvgIpc) is 2.39. The van der Waals surface area contributed by atoms with Gasteiger partial charge in [-0.3, -0.25) is 0 Å². The van der Waals surface area contributed by atoms with Crippen LogP contribution in [-0.2, 0) is 6.42 Å². The molecular formula is C12H16BrN. The lowest BCUT2D eigenvalue weighted by Gasteiger charge is -2.15. The lowest BCUT2D eigenvalue weighted by atomic mass is 9.92. The first-order chi connectivity index (χ1) is 6.81. The standard InChI is InChI=1S/C12H16BrN/c1-2-9-8-14-6-5-10-3-4-11(13)7-12(9)10/h3-4,7,9,14H,2,5-6,8H2,1H3. The summed E-state index contributed by atoms with van der Waals surface area (Å²) >= 11 is 3.55. The van der Waals surface area contributed by atoms with Crippen LogP contribution in [0.5, 0.6) is 0 Å². The summed E-state index contributed by atoms with van der Waals surface area (Å²) in [5.41, 5.74) is 3.05. The molecule has 0 aromatic heterocycles. The second kappa shape index (κ2) is 4.45. The summed E-state index contributed by atoms with van der Waals surface area (Å²) in [7, 11) is 0. The number of hydrogen-bond donors (Lipinski definition) is 1. The molecule has 1 aliphatic rings. The van der Waals surface area contributed by atoms with Gasteiger partial charge in [-0.2, -0.15) is 0 Å². The van der Waals surface area contributed by atoms with Gasteiger partial charge in [-0.25, -0.2) is 0 Å². The van der Waals surface area contributed by atoms with Crippen LogP contribution in [0, 0.1) is 0 Å². The second-order valence-electron chi connectivity index (χ2n) is 3.90. The first kappa shape index (κ1) is 10.2. The van der Waals surface area contributed by atoms with Crippen LogP contribution < -0.4 is 5.32 Å². The van der Waals surface area contributed by atoms with Gasteiger partial charge in [0.1, 0.15) is 0 Å². The molecule has 1 unspecified atom stereocenters. The van der Waals surface area contributed by atoms with E-state index in [1.165, 1.54) is 28.4 Å². The van der Waals surface area contributed by atoms with Crippen molar-refractivity contribution in [3.8, 4) is 0 Å². The van der Waals surface area contributed by atoms with E-state index in [1.54, 1.807) is 0 Å². The summed E-state index contributed by atoms with van der Waals surface area (Å²) in [6.07, 6.45) is 2.38. The smallest absolute Gasteiger partial charge is 0.0178 e. The van der Waals surface area contributed by atoms with Gasteiger partial charge in [-0.05, 0) is 48.6 Å². The highest BCUT2D eigenvalue weighted by atomic mass is 79.9. The largest absolute Gasteiger partial charge is 0.316 e. The van der Waals surface area contributed by atoms with Crippen LogP contribution in [0.2, 0.25) is 0 Å². The van der Waals surface area contributed by atoms with Gasteiger partial charge >= 0.3 is 0 Å². The normalized spacial score (nSPS) is 21.4. The lowest BCUT2D eigenvalue weighted by molar-refractivity contribution is 0.594. The fourth-order valence-corrected chi connectivity index (χ4v) is 2.53. The summed E-state index contributed by atoms with van der Waals surface area (Å²) in [4.78, 5) is 0. The maximum Gasteiger partial charge on any atom is 0.0178 e. The van der Waals surface area contributed by atoms with Crippen LogP contribution in [0.1, 0.15) is 30.4 Å². The highest BCUT2D eigenvalue weighted by Gasteiger charge is 2.16. The van der Waals surface area contributed by atoms with E-state index in [2.05, 4.69) is 46.4 Å². The van der Waals surface area contributed by atoms with Gasteiger partial charge in [0, 0.05) is 11.0 Å². The molecule has 0 bridgehead atoms. The van der Waals surface area contributed by atoms with Gasteiger partial charge in [-0.1, -0.05) is 28.9 Å². The summed E-state index contributed by atoms with van der Waals surface area (Å²) in [5, 5.41) is 3.50. The molecule has 1 aromatic rings. The van der Waals surface area contributed by atoms with Crippen LogP contribution in [0.3, 0.4) is 0 Å². The molecule has 1 nitrogen and oxygen atoms in total. The molecule has 14 heavy (non-hydrogen) atoms. The summed E-state index contributed by atoms with van der Waals surface area (Å²) in [6, 6.07) is 6.70. The van der Waals surface area contributed by atoms with E-state index in [0.29, 0.717) is 5.92 Å². The zero-order chi connectivity index (χ0) is 9.97. The predicted molar refractivity (Wildman–Crippen MR) is 63.7 cm³/mol. The number of nitrogens with one attached hydrogen (secondary N) is 1. The minimum Gasteiger partial charge on any atom is -0.316 e. The van der Waals surface area contributed by atoms with Gasteiger partial charge in [0.2, 0.25) is 0 Å². The van der Waals surface area contributed by atoms with Crippen molar-refractivity contribution in [2.24, 2.45) is 0 Å². The van der Waals surface area contributed by atoms with Gasteiger partial charge in [0.15, 0.2) is 0 Å². The summed E-state index contributed by atoms with van der Waals surface area (Å²) in [6.45, 7) is 4.51. The van der Waals surface area contributed by atoms with Gasteiger partial charge in [-0.15, -0.1) is 0 Å². The molecule has 0 amide bonds. The third-order valence-electron chi connectivity index (χ3n) is 3.00. The highest BCUT2D eigenvalue weighted by molar-refractivity contribution is 9.10. The van der Waals surface area contributed by atoms with Crippen molar-refractivity contribution < 1.29 is 0 Å². The molecule has 2 rings (SSSR count). The Balaban J connectivity index is 2.40. The Labute approximate surface area is 94.0 Å². The number of hydrogen-bond acceptors (Lipinski definition) is 1. The van der Waals surface area contributed by atoms with E-state index in [1.807, 2.05) is 0 Å². The molecule has 0 spiro atoms. The summed E-state index contributed by atoms with van der Waals surface area (Å²) in [5.74, 6) is 0.685. The van der Waals surface area contributed by atoms with E-state index in [9.17, 15) is 0 Å². The number of benzene rings is 1. The van der Waals surface area contributed by atoms with Gasteiger partial charge in [0.05, 0.1) is 0 Å². The zero-order valence-electron chi connectivity index (χ0n) is 8.52. The Hall–Kier alpha value is -0.340. The molecule has 76 valence electrons. The van der Waals surface area contributed by atoms with E-state index >= 15 is 0 Å². The minimum atomic E-state index is 0.685. The Bertz CT molecular complexity index is 322. The molecule has 1 aromatic carbocycles. The molecule has 1 heterocycles. The van der Waals surface area contributed by atoms with Crippen LogP contribution in [0.25, 0.3) is 0 Å². The molecule has 1 atom stereocenters. The number of fused-ring (bicyclic) bond motifs is 1. The lowest BCUT2D eigenvalue weighted by Crippen LogP contribution is -2.19. The van der Waals surface area contributed by atoms with Gasteiger partial charge in [0.25, 0.3) is 0 Å². The fraction of sp³-hybridized carbons (Fsp3) is 0.500. The maximum atomic E-state index is 3.55. The third-order valence-corrected chi connectivity index (χ3v) is 3.50. The monoisotopic (exact) mass is 253 g/mol.